The van der Waals surface area contributed by atoms with Crippen molar-refractivity contribution in [3.05, 3.63) is 36.0 Å². The molecule has 0 radical (unpaired) electrons. The molecule has 2 aliphatic heterocycles. The number of anilines is 2. The SMILES string of the molecule is Cc1nnc2ccc(N3CC4CN(c5cc(C(C)C)ncn5)CC4C3)nn12. The normalized spacial score (nSPS) is 22.2. The van der Waals surface area contributed by atoms with Crippen LogP contribution in [0.5, 0.6) is 0 Å². The number of aryl methyl sites for hydroxylation is 1. The van der Waals surface area contributed by atoms with E-state index in [9.17, 15) is 0 Å². The molecule has 2 fully saturated rings. The van der Waals surface area contributed by atoms with E-state index >= 15 is 0 Å². The lowest BCUT2D eigenvalue weighted by molar-refractivity contribution is 0.533. The van der Waals surface area contributed by atoms with Crippen molar-refractivity contribution in [2.45, 2.75) is 26.7 Å². The second-order valence-electron chi connectivity index (χ2n) is 7.99. The average Bonchev–Trinajstić information content (AvgIpc) is 3.35. The van der Waals surface area contributed by atoms with Crippen molar-refractivity contribution in [1.29, 1.82) is 0 Å². The minimum absolute atomic E-state index is 0.423. The van der Waals surface area contributed by atoms with Gasteiger partial charge in [-0.25, -0.2) is 9.97 Å². The topological polar surface area (TPSA) is 75.3 Å². The molecule has 0 saturated carbocycles. The largest absolute Gasteiger partial charge is 0.356 e. The summed E-state index contributed by atoms with van der Waals surface area (Å²) in [4.78, 5) is 13.7. The molecule has 5 rings (SSSR count). The molecule has 0 bridgehead atoms. The Hall–Kier alpha value is -2.77. The molecule has 2 atom stereocenters. The van der Waals surface area contributed by atoms with Crippen molar-refractivity contribution in [1.82, 2.24) is 29.8 Å². The molecule has 2 aliphatic rings. The molecule has 8 heteroatoms. The summed E-state index contributed by atoms with van der Waals surface area (Å²) in [7, 11) is 0. The third-order valence-corrected chi connectivity index (χ3v) is 5.80. The highest BCUT2D eigenvalue weighted by Gasteiger charge is 2.41. The second kappa shape index (κ2) is 6.14. The first kappa shape index (κ1) is 16.4. The van der Waals surface area contributed by atoms with Crippen LogP contribution in [0.1, 0.15) is 31.3 Å². The lowest BCUT2D eigenvalue weighted by atomic mass is 10.0. The van der Waals surface area contributed by atoms with Gasteiger partial charge < -0.3 is 9.80 Å². The van der Waals surface area contributed by atoms with Gasteiger partial charge in [0, 0.05) is 49.8 Å². The van der Waals surface area contributed by atoms with Gasteiger partial charge in [0.15, 0.2) is 11.5 Å². The standard InChI is InChI=1S/C19H24N8/c1-12(2)16-6-19(21-11-20-16)26-9-14-7-25(8-15(14)10-26)18-5-4-17-23-22-13(3)27(17)24-18/h4-6,11-12,14-15H,7-10H2,1-3H3. The van der Waals surface area contributed by atoms with E-state index in [0.29, 0.717) is 17.8 Å². The summed E-state index contributed by atoms with van der Waals surface area (Å²) in [6.07, 6.45) is 1.70. The summed E-state index contributed by atoms with van der Waals surface area (Å²) >= 11 is 0. The van der Waals surface area contributed by atoms with Gasteiger partial charge in [0.2, 0.25) is 0 Å². The summed E-state index contributed by atoms with van der Waals surface area (Å²) < 4.78 is 1.82. The number of hydrogen-bond donors (Lipinski definition) is 0. The molecule has 0 spiro atoms. The first-order chi connectivity index (χ1) is 13.1. The molecule has 5 heterocycles. The predicted molar refractivity (Wildman–Crippen MR) is 103 cm³/mol. The van der Waals surface area contributed by atoms with Gasteiger partial charge in [0.05, 0.1) is 0 Å². The first-order valence-corrected chi connectivity index (χ1v) is 9.59. The number of fused-ring (bicyclic) bond motifs is 2. The number of nitrogens with zero attached hydrogens (tertiary/aromatic N) is 8. The zero-order valence-corrected chi connectivity index (χ0v) is 15.9. The van der Waals surface area contributed by atoms with Crippen LogP contribution in [0.25, 0.3) is 5.65 Å². The number of hydrogen-bond acceptors (Lipinski definition) is 7. The van der Waals surface area contributed by atoms with E-state index in [0.717, 1.165) is 55.0 Å². The van der Waals surface area contributed by atoms with Crippen molar-refractivity contribution in [2.24, 2.45) is 11.8 Å². The molecule has 2 unspecified atom stereocenters. The maximum absolute atomic E-state index is 4.74. The molecule has 140 valence electrons. The van der Waals surface area contributed by atoms with Crippen LogP contribution in [-0.4, -0.2) is 56.0 Å². The Morgan fingerprint density at radius 1 is 0.926 bits per heavy atom. The smallest absolute Gasteiger partial charge is 0.178 e. The van der Waals surface area contributed by atoms with Crippen LogP contribution in [0.3, 0.4) is 0 Å². The van der Waals surface area contributed by atoms with Crippen LogP contribution in [0.2, 0.25) is 0 Å². The van der Waals surface area contributed by atoms with E-state index in [4.69, 9.17) is 5.10 Å². The molecule has 3 aromatic heterocycles. The van der Waals surface area contributed by atoms with Crippen LogP contribution in [0.4, 0.5) is 11.6 Å². The quantitative estimate of drug-likeness (QED) is 0.703. The van der Waals surface area contributed by atoms with Gasteiger partial charge in [-0.3, -0.25) is 0 Å². The van der Waals surface area contributed by atoms with Crippen LogP contribution >= 0.6 is 0 Å². The molecule has 27 heavy (non-hydrogen) atoms. The minimum Gasteiger partial charge on any atom is -0.356 e. The van der Waals surface area contributed by atoms with Crippen LogP contribution in [0.15, 0.2) is 24.5 Å². The molecule has 8 nitrogen and oxygen atoms in total. The van der Waals surface area contributed by atoms with Crippen molar-refractivity contribution in [3.8, 4) is 0 Å². The van der Waals surface area contributed by atoms with E-state index in [1.807, 2.05) is 17.5 Å². The van der Waals surface area contributed by atoms with Crippen molar-refractivity contribution >= 4 is 17.3 Å². The fraction of sp³-hybridized carbons (Fsp3) is 0.526. The first-order valence-electron chi connectivity index (χ1n) is 9.59. The Morgan fingerprint density at radius 3 is 2.33 bits per heavy atom. The minimum atomic E-state index is 0.423. The zero-order valence-electron chi connectivity index (χ0n) is 15.9. The molecule has 0 aliphatic carbocycles. The van der Waals surface area contributed by atoms with Gasteiger partial charge in [-0.05, 0) is 25.0 Å². The van der Waals surface area contributed by atoms with E-state index in [2.05, 4.69) is 55.9 Å². The summed E-state index contributed by atoms with van der Waals surface area (Å²) in [5.74, 6) is 4.60. The van der Waals surface area contributed by atoms with E-state index in [1.165, 1.54) is 0 Å². The molecule has 3 aromatic rings. The Labute approximate surface area is 158 Å². The molecule has 2 saturated heterocycles. The Balaban J connectivity index is 1.31. The number of aromatic nitrogens is 6. The summed E-state index contributed by atoms with van der Waals surface area (Å²) in [5, 5.41) is 13.0. The lowest BCUT2D eigenvalue weighted by Crippen LogP contribution is -2.30. The van der Waals surface area contributed by atoms with Gasteiger partial charge in [0.25, 0.3) is 0 Å². The van der Waals surface area contributed by atoms with Crippen molar-refractivity contribution < 1.29 is 0 Å². The molecule has 0 amide bonds. The highest BCUT2D eigenvalue weighted by Crippen LogP contribution is 2.35. The predicted octanol–water partition coefficient (Wildman–Crippen LogP) is 1.92. The molecule has 0 N–H and O–H groups in total. The highest BCUT2D eigenvalue weighted by molar-refractivity contribution is 5.48. The summed E-state index contributed by atoms with van der Waals surface area (Å²) in [6, 6.07) is 6.20. The van der Waals surface area contributed by atoms with Crippen LogP contribution < -0.4 is 9.80 Å². The summed E-state index contributed by atoms with van der Waals surface area (Å²) in [5.41, 5.74) is 1.91. The van der Waals surface area contributed by atoms with Crippen LogP contribution in [-0.2, 0) is 0 Å². The monoisotopic (exact) mass is 364 g/mol. The highest BCUT2D eigenvalue weighted by atomic mass is 15.4. The van der Waals surface area contributed by atoms with Crippen molar-refractivity contribution in [3.63, 3.8) is 0 Å². The maximum atomic E-state index is 4.74. The Bertz CT molecular complexity index is 967. The molecular formula is C19H24N8. The van der Waals surface area contributed by atoms with E-state index < -0.39 is 0 Å². The van der Waals surface area contributed by atoms with Gasteiger partial charge in [-0.2, -0.15) is 4.52 Å². The zero-order chi connectivity index (χ0) is 18.5. The second-order valence-corrected chi connectivity index (χ2v) is 7.99. The lowest BCUT2D eigenvalue weighted by Gasteiger charge is -2.23. The van der Waals surface area contributed by atoms with Gasteiger partial charge in [-0.1, -0.05) is 13.8 Å². The third kappa shape index (κ3) is 2.79. The van der Waals surface area contributed by atoms with Crippen LogP contribution in [0, 0.1) is 18.8 Å². The molecular weight excluding hydrogens is 340 g/mol. The maximum Gasteiger partial charge on any atom is 0.178 e. The summed E-state index contributed by atoms with van der Waals surface area (Å²) in [6.45, 7) is 10.4. The van der Waals surface area contributed by atoms with E-state index in [-0.39, 0.29) is 0 Å². The Morgan fingerprint density at radius 2 is 1.63 bits per heavy atom. The van der Waals surface area contributed by atoms with Gasteiger partial charge in [0.1, 0.15) is 18.0 Å². The molecule has 0 aromatic carbocycles. The average molecular weight is 364 g/mol. The Kier molecular flexibility index (Phi) is 3.73. The van der Waals surface area contributed by atoms with Gasteiger partial charge >= 0.3 is 0 Å². The fourth-order valence-electron chi connectivity index (χ4n) is 4.27. The number of rotatable bonds is 3. The fourth-order valence-corrected chi connectivity index (χ4v) is 4.27. The third-order valence-electron chi connectivity index (χ3n) is 5.80. The van der Waals surface area contributed by atoms with E-state index in [1.54, 1.807) is 6.33 Å². The van der Waals surface area contributed by atoms with Crippen molar-refractivity contribution in [2.75, 3.05) is 36.0 Å². The van der Waals surface area contributed by atoms with Gasteiger partial charge in [-0.15, -0.1) is 15.3 Å².